The van der Waals surface area contributed by atoms with Crippen LogP contribution in [-0.2, 0) is 6.61 Å². The molecule has 0 saturated carbocycles. The van der Waals surface area contributed by atoms with Gasteiger partial charge in [0.05, 0.1) is 16.9 Å². The third-order valence-corrected chi connectivity index (χ3v) is 3.14. The standard InChI is InChI=1S/C10H7NO2S/c11-3-6-1-2-8-7(4-12)5-14-10(8)9(6)13/h1-2,5,12-13H,4H2. The zero-order valence-electron chi connectivity index (χ0n) is 7.19. The van der Waals surface area contributed by atoms with Crippen molar-refractivity contribution in [2.45, 2.75) is 6.61 Å². The van der Waals surface area contributed by atoms with Gasteiger partial charge in [-0.15, -0.1) is 11.3 Å². The largest absolute Gasteiger partial charge is 0.505 e. The second-order valence-corrected chi connectivity index (χ2v) is 3.75. The SMILES string of the molecule is N#Cc1ccc2c(CO)csc2c1O. The smallest absolute Gasteiger partial charge is 0.151 e. The van der Waals surface area contributed by atoms with Crippen molar-refractivity contribution in [3.05, 3.63) is 28.6 Å². The first kappa shape index (κ1) is 9.00. The van der Waals surface area contributed by atoms with Gasteiger partial charge in [0.25, 0.3) is 0 Å². The van der Waals surface area contributed by atoms with E-state index < -0.39 is 0 Å². The van der Waals surface area contributed by atoms with E-state index in [-0.39, 0.29) is 17.9 Å². The molecule has 0 saturated heterocycles. The molecule has 0 amide bonds. The summed E-state index contributed by atoms with van der Waals surface area (Å²) in [5.41, 5.74) is 1.05. The van der Waals surface area contributed by atoms with Crippen LogP contribution in [0.15, 0.2) is 17.5 Å². The number of thiophene rings is 1. The van der Waals surface area contributed by atoms with E-state index in [1.165, 1.54) is 11.3 Å². The maximum absolute atomic E-state index is 9.66. The summed E-state index contributed by atoms with van der Waals surface area (Å²) in [7, 11) is 0. The summed E-state index contributed by atoms with van der Waals surface area (Å²) < 4.78 is 0.660. The second kappa shape index (κ2) is 3.29. The molecule has 0 aliphatic rings. The van der Waals surface area contributed by atoms with Crippen LogP contribution in [0.3, 0.4) is 0 Å². The van der Waals surface area contributed by atoms with Crippen molar-refractivity contribution >= 4 is 21.4 Å². The molecule has 3 nitrogen and oxygen atoms in total. The average molecular weight is 205 g/mol. The number of aromatic hydroxyl groups is 1. The van der Waals surface area contributed by atoms with Crippen molar-refractivity contribution in [3.8, 4) is 11.8 Å². The van der Waals surface area contributed by atoms with Gasteiger partial charge in [0.2, 0.25) is 0 Å². The van der Waals surface area contributed by atoms with Crippen molar-refractivity contribution in [2.24, 2.45) is 0 Å². The van der Waals surface area contributed by atoms with E-state index in [0.29, 0.717) is 4.70 Å². The number of fused-ring (bicyclic) bond motifs is 1. The lowest BCUT2D eigenvalue weighted by Gasteiger charge is -1.98. The van der Waals surface area contributed by atoms with E-state index in [9.17, 15) is 5.11 Å². The number of benzene rings is 1. The molecule has 1 aromatic heterocycles. The molecule has 0 bridgehead atoms. The highest BCUT2D eigenvalue weighted by atomic mass is 32.1. The van der Waals surface area contributed by atoms with Crippen LogP contribution in [0.25, 0.3) is 10.1 Å². The lowest BCUT2D eigenvalue weighted by molar-refractivity contribution is 0.284. The maximum Gasteiger partial charge on any atom is 0.151 e. The Kier molecular flexibility index (Phi) is 2.12. The van der Waals surface area contributed by atoms with Crippen LogP contribution in [0.4, 0.5) is 0 Å². The van der Waals surface area contributed by atoms with Gasteiger partial charge in [-0.2, -0.15) is 5.26 Å². The Labute approximate surface area is 84.5 Å². The number of hydrogen-bond acceptors (Lipinski definition) is 4. The fourth-order valence-corrected chi connectivity index (χ4v) is 2.36. The van der Waals surface area contributed by atoms with E-state index in [1.54, 1.807) is 17.5 Å². The van der Waals surface area contributed by atoms with Crippen molar-refractivity contribution < 1.29 is 10.2 Å². The van der Waals surface area contributed by atoms with E-state index in [0.717, 1.165) is 10.9 Å². The molecule has 0 radical (unpaired) electrons. The molecule has 14 heavy (non-hydrogen) atoms. The second-order valence-electron chi connectivity index (χ2n) is 2.87. The third-order valence-electron chi connectivity index (χ3n) is 2.09. The van der Waals surface area contributed by atoms with Gasteiger partial charge >= 0.3 is 0 Å². The van der Waals surface area contributed by atoms with Crippen LogP contribution in [0.5, 0.6) is 5.75 Å². The van der Waals surface area contributed by atoms with Crippen LogP contribution < -0.4 is 0 Å². The van der Waals surface area contributed by atoms with Crippen molar-refractivity contribution in [3.63, 3.8) is 0 Å². The number of aliphatic hydroxyl groups is 1. The number of phenolic OH excluding ortho intramolecular Hbond substituents is 1. The average Bonchev–Trinajstić information content (AvgIpc) is 2.62. The molecule has 2 aromatic rings. The number of hydrogen-bond donors (Lipinski definition) is 2. The Balaban J connectivity index is 2.80. The van der Waals surface area contributed by atoms with Gasteiger partial charge in [-0.05, 0) is 17.0 Å². The van der Waals surface area contributed by atoms with Crippen molar-refractivity contribution in [1.29, 1.82) is 5.26 Å². The van der Waals surface area contributed by atoms with Gasteiger partial charge in [-0.1, -0.05) is 6.07 Å². The molecule has 2 rings (SSSR count). The van der Waals surface area contributed by atoms with E-state index in [4.69, 9.17) is 10.4 Å². The predicted molar refractivity (Wildman–Crippen MR) is 54.1 cm³/mol. The highest BCUT2D eigenvalue weighted by molar-refractivity contribution is 7.17. The highest BCUT2D eigenvalue weighted by Crippen LogP contribution is 2.35. The van der Waals surface area contributed by atoms with Gasteiger partial charge in [0, 0.05) is 5.39 Å². The predicted octanol–water partition coefficient (Wildman–Crippen LogP) is 1.97. The van der Waals surface area contributed by atoms with Gasteiger partial charge < -0.3 is 10.2 Å². The summed E-state index contributed by atoms with van der Waals surface area (Å²) in [6.45, 7) is -0.0503. The fourth-order valence-electron chi connectivity index (χ4n) is 1.35. The third kappa shape index (κ3) is 1.15. The summed E-state index contributed by atoms with van der Waals surface area (Å²) in [6.07, 6.45) is 0. The first-order chi connectivity index (χ1) is 6.77. The summed E-state index contributed by atoms with van der Waals surface area (Å²) in [4.78, 5) is 0. The molecule has 0 fully saturated rings. The molecule has 2 N–H and O–H groups in total. The Morgan fingerprint density at radius 1 is 1.43 bits per heavy atom. The number of rotatable bonds is 1. The Morgan fingerprint density at radius 2 is 2.21 bits per heavy atom. The monoisotopic (exact) mass is 205 g/mol. The summed E-state index contributed by atoms with van der Waals surface area (Å²) in [5, 5.41) is 30.0. The van der Waals surface area contributed by atoms with Crippen LogP contribution in [0.1, 0.15) is 11.1 Å². The molecule has 4 heteroatoms. The molecule has 70 valence electrons. The normalized spacial score (nSPS) is 10.3. The van der Waals surface area contributed by atoms with Crippen LogP contribution in [-0.4, -0.2) is 10.2 Å². The molecule has 1 heterocycles. The Bertz CT molecular complexity index is 525. The summed E-state index contributed by atoms with van der Waals surface area (Å²) >= 11 is 1.33. The highest BCUT2D eigenvalue weighted by Gasteiger charge is 2.10. The summed E-state index contributed by atoms with van der Waals surface area (Å²) in [6, 6.07) is 5.21. The maximum atomic E-state index is 9.66. The first-order valence-corrected chi connectivity index (χ1v) is 4.89. The molecule has 0 aliphatic carbocycles. The van der Waals surface area contributed by atoms with Gasteiger partial charge in [0.1, 0.15) is 6.07 Å². The van der Waals surface area contributed by atoms with Crippen molar-refractivity contribution in [1.82, 2.24) is 0 Å². The molecular weight excluding hydrogens is 198 g/mol. The Morgan fingerprint density at radius 3 is 2.86 bits per heavy atom. The molecular formula is C10H7NO2S. The number of nitrogens with zero attached hydrogens (tertiary/aromatic N) is 1. The lowest BCUT2D eigenvalue weighted by atomic mass is 10.1. The zero-order chi connectivity index (χ0) is 10.1. The minimum Gasteiger partial charge on any atom is -0.505 e. The minimum absolute atomic E-state index is 0.00898. The Hall–Kier alpha value is -1.57. The lowest BCUT2D eigenvalue weighted by Crippen LogP contribution is -1.80. The fraction of sp³-hybridized carbons (Fsp3) is 0.100. The number of aliphatic hydroxyl groups excluding tert-OH is 1. The minimum atomic E-state index is -0.0503. The zero-order valence-corrected chi connectivity index (χ0v) is 8.01. The molecule has 0 aliphatic heterocycles. The molecule has 0 atom stereocenters. The number of phenols is 1. The van der Waals surface area contributed by atoms with Crippen LogP contribution in [0, 0.1) is 11.3 Å². The number of nitriles is 1. The molecule has 0 spiro atoms. The van der Waals surface area contributed by atoms with Crippen molar-refractivity contribution in [2.75, 3.05) is 0 Å². The van der Waals surface area contributed by atoms with Gasteiger partial charge in [-0.3, -0.25) is 0 Å². The van der Waals surface area contributed by atoms with Gasteiger partial charge in [0.15, 0.2) is 5.75 Å². The van der Waals surface area contributed by atoms with Crippen LogP contribution >= 0.6 is 11.3 Å². The molecule has 1 aromatic carbocycles. The first-order valence-electron chi connectivity index (χ1n) is 4.01. The van der Waals surface area contributed by atoms with E-state index in [1.807, 2.05) is 6.07 Å². The quantitative estimate of drug-likeness (QED) is 0.748. The molecule has 0 unspecified atom stereocenters. The van der Waals surface area contributed by atoms with Gasteiger partial charge in [-0.25, -0.2) is 0 Å². The van der Waals surface area contributed by atoms with E-state index in [2.05, 4.69) is 0 Å². The summed E-state index contributed by atoms with van der Waals surface area (Å²) in [5.74, 6) is 0.00898. The van der Waals surface area contributed by atoms with E-state index >= 15 is 0 Å². The topological polar surface area (TPSA) is 64.2 Å². The van der Waals surface area contributed by atoms with Crippen LogP contribution in [0.2, 0.25) is 0 Å².